The Morgan fingerprint density at radius 2 is 1.68 bits per heavy atom. The molecular formula is C26H24BrF3N2O6. The van der Waals surface area contributed by atoms with Crippen LogP contribution in [0.25, 0.3) is 0 Å². The number of anilines is 1. The van der Waals surface area contributed by atoms with Gasteiger partial charge in [-0.3, -0.25) is 10.2 Å². The largest absolute Gasteiger partial charge is 0.468 e. The molecule has 12 heteroatoms. The van der Waals surface area contributed by atoms with Crippen molar-refractivity contribution in [1.29, 1.82) is 5.41 Å². The summed E-state index contributed by atoms with van der Waals surface area (Å²) in [6.07, 6.45) is -6.00. The maximum Gasteiger partial charge on any atom is 0.416 e. The maximum atomic E-state index is 13.5. The molecule has 0 spiro atoms. The van der Waals surface area contributed by atoms with Crippen molar-refractivity contribution in [3.05, 3.63) is 75.4 Å². The van der Waals surface area contributed by atoms with E-state index in [0.717, 1.165) is 37.3 Å². The first-order valence-corrected chi connectivity index (χ1v) is 12.0. The molecule has 2 aromatic carbocycles. The quantitative estimate of drug-likeness (QED) is 0.360. The summed E-state index contributed by atoms with van der Waals surface area (Å²) in [6.45, 7) is 2.72. The fourth-order valence-electron chi connectivity index (χ4n) is 4.26. The summed E-state index contributed by atoms with van der Waals surface area (Å²) in [4.78, 5) is 39.6. The number of hydrogen-bond acceptors (Lipinski definition) is 7. The second-order valence-corrected chi connectivity index (χ2v) is 9.28. The van der Waals surface area contributed by atoms with Crippen LogP contribution in [-0.4, -0.2) is 44.1 Å². The molecule has 0 saturated carbocycles. The third-order valence-electron chi connectivity index (χ3n) is 6.06. The molecule has 0 fully saturated rings. The number of esters is 3. The first kappa shape index (κ1) is 28.9. The molecule has 2 aromatic rings. The van der Waals surface area contributed by atoms with Crippen molar-refractivity contribution in [2.24, 2.45) is 5.92 Å². The monoisotopic (exact) mass is 596 g/mol. The van der Waals surface area contributed by atoms with E-state index >= 15 is 0 Å². The molecule has 0 aliphatic carbocycles. The van der Waals surface area contributed by atoms with Gasteiger partial charge in [0, 0.05) is 21.8 Å². The standard InChI is InChI=1S/C26H24BrF3N2O6/c1-13-19(25(35)38-14(2)23(33)36-3)20(15-8-10-17(27)11-9-15)21(24(34)37-4)22(31)32(13)18-7-5-6-16(12-18)26(28,29)30/h5-12,14,20-21,31H,1-4H3/t14-,20?,21?/m0/s1. The van der Waals surface area contributed by atoms with Crippen molar-refractivity contribution in [2.45, 2.75) is 32.0 Å². The van der Waals surface area contributed by atoms with Gasteiger partial charge in [-0.2, -0.15) is 13.2 Å². The Balaban J connectivity index is 2.30. The molecule has 1 aliphatic rings. The lowest BCUT2D eigenvalue weighted by atomic mass is 9.75. The van der Waals surface area contributed by atoms with Crippen LogP contribution in [0.1, 0.15) is 30.9 Å². The van der Waals surface area contributed by atoms with E-state index in [1.54, 1.807) is 24.3 Å². The fraction of sp³-hybridized carbons (Fsp3) is 0.308. The smallest absolute Gasteiger partial charge is 0.416 e. The SMILES string of the molecule is COC(=O)C1C(=N)N(c2cccc(C(F)(F)F)c2)C(C)=C(C(=O)O[C@@H](C)C(=O)OC)C1c1ccc(Br)cc1. The Kier molecular flexibility index (Phi) is 8.65. The summed E-state index contributed by atoms with van der Waals surface area (Å²) in [5, 5.41) is 8.90. The van der Waals surface area contributed by atoms with Gasteiger partial charge >= 0.3 is 24.1 Å². The van der Waals surface area contributed by atoms with E-state index in [0.29, 0.717) is 10.0 Å². The van der Waals surface area contributed by atoms with Crippen LogP contribution in [0.2, 0.25) is 0 Å². The summed E-state index contributed by atoms with van der Waals surface area (Å²) in [6, 6.07) is 10.7. The number of nitrogens with zero attached hydrogens (tertiary/aromatic N) is 1. The van der Waals surface area contributed by atoms with Crippen molar-refractivity contribution in [2.75, 3.05) is 19.1 Å². The van der Waals surface area contributed by atoms with Gasteiger partial charge in [-0.1, -0.05) is 34.1 Å². The third-order valence-corrected chi connectivity index (χ3v) is 6.59. The van der Waals surface area contributed by atoms with Crippen LogP contribution in [0.15, 0.2) is 64.3 Å². The van der Waals surface area contributed by atoms with E-state index in [2.05, 4.69) is 20.7 Å². The van der Waals surface area contributed by atoms with Gasteiger partial charge in [0.05, 0.1) is 25.4 Å². The molecule has 0 aromatic heterocycles. The highest BCUT2D eigenvalue weighted by atomic mass is 79.9. The van der Waals surface area contributed by atoms with Gasteiger partial charge in [-0.25, -0.2) is 9.59 Å². The number of ether oxygens (including phenoxy) is 3. The number of allylic oxidation sites excluding steroid dienone is 1. The Bertz CT molecular complexity index is 1290. The first-order valence-electron chi connectivity index (χ1n) is 11.2. The lowest BCUT2D eigenvalue weighted by Crippen LogP contribution is -2.48. The van der Waals surface area contributed by atoms with Crippen molar-refractivity contribution < 1.29 is 41.8 Å². The molecule has 202 valence electrons. The molecule has 38 heavy (non-hydrogen) atoms. The molecule has 2 unspecified atom stereocenters. The van der Waals surface area contributed by atoms with Crippen LogP contribution in [0, 0.1) is 11.3 Å². The molecule has 0 bridgehead atoms. The number of amidine groups is 1. The third kappa shape index (κ3) is 5.74. The van der Waals surface area contributed by atoms with Crippen molar-refractivity contribution >= 4 is 45.4 Å². The fourth-order valence-corrected chi connectivity index (χ4v) is 4.52. The lowest BCUT2D eigenvalue weighted by Gasteiger charge is -2.40. The first-order chi connectivity index (χ1) is 17.8. The van der Waals surface area contributed by atoms with E-state index in [-0.39, 0.29) is 17.0 Å². The van der Waals surface area contributed by atoms with Gasteiger partial charge in [-0.15, -0.1) is 0 Å². The highest BCUT2D eigenvalue weighted by Crippen LogP contribution is 2.44. The highest BCUT2D eigenvalue weighted by Gasteiger charge is 2.48. The lowest BCUT2D eigenvalue weighted by molar-refractivity contribution is -0.162. The van der Waals surface area contributed by atoms with E-state index < -0.39 is 53.4 Å². The minimum absolute atomic E-state index is 0.0458. The normalized spacial score (nSPS) is 18.6. The second kappa shape index (κ2) is 11.4. The van der Waals surface area contributed by atoms with Gasteiger partial charge in [0.15, 0.2) is 6.10 Å². The number of nitrogens with one attached hydrogen (secondary N) is 1. The Morgan fingerprint density at radius 1 is 1.05 bits per heavy atom. The van der Waals surface area contributed by atoms with Crippen LogP contribution >= 0.6 is 15.9 Å². The number of benzene rings is 2. The van der Waals surface area contributed by atoms with Crippen molar-refractivity contribution in [1.82, 2.24) is 0 Å². The minimum Gasteiger partial charge on any atom is -0.468 e. The number of carbonyl (C=O) groups is 3. The molecule has 3 rings (SSSR count). The molecule has 1 aliphatic heterocycles. The Labute approximate surface area is 225 Å². The highest BCUT2D eigenvalue weighted by molar-refractivity contribution is 9.10. The summed E-state index contributed by atoms with van der Waals surface area (Å²) >= 11 is 3.33. The molecule has 0 radical (unpaired) electrons. The molecular weight excluding hydrogens is 573 g/mol. The molecule has 0 amide bonds. The Morgan fingerprint density at radius 3 is 2.24 bits per heavy atom. The molecule has 1 heterocycles. The predicted octanol–water partition coefficient (Wildman–Crippen LogP) is 5.22. The molecule has 3 atom stereocenters. The van der Waals surface area contributed by atoms with Gasteiger partial charge in [-0.05, 0) is 49.7 Å². The maximum absolute atomic E-state index is 13.5. The van der Waals surface area contributed by atoms with Crippen LogP contribution in [-0.2, 0) is 34.8 Å². The zero-order valence-electron chi connectivity index (χ0n) is 20.8. The zero-order valence-corrected chi connectivity index (χ0v) is 22.3. The molecule has 1 N–H and O–H groups in total. The number of carbonyl (C=O) groups excluding carboxylic acids is 3. The van der Waals surface area contributed by atoms with Crippen LogP contribution < -0.4 is 4.90 Å². The van der Waals surface area contributed by atoms with E-state index in [9.17, 15) is 27.6 Å². The van der Waals surface area contributed by atoms with E-state index in [1.165, 1.54) is 19.9 Å². The van der Waals surface area contributed by atoms with Gasteiger partial charge in [0.1, 0.15) is 11.8 Å². The van der Waals surface area contributed by atoms with Gasteiger partial charge in [0.25, 0.3) is 0 Å². The van der Waals surface area contributed by atoms with Crippen LogP contribution in [0.4, 0.5) is 18.9 Å². The zero-order chi connectivity index (χ0) is 28.4. The minimum atomic E-state index is -4.68. The van der Waals surface area contributed by atoms with E-state index in [4.69, 9.17) is 14.9 Å². The summed E-state index contributed by atoms with van der Waals surface area (Å²) < 4.78 is 56.1. The van der Waals surface area contributed by atoms with Crippen LogP contribution in [0.3, 0.4) is 0 Å². The predicted molar refractivity (Wildman–Crippen MR) is 134 cm³/mol. The average Bonchev–Trinajstić information content (AvgIpc) is 2.87. The average molecular weight is 597 g/mol. The number of methoxy groups -OCH3 is 2. The second-order valence-electron chi connectivity index (χ2n) is 8.37. The van der Waals surface area contributed by atoms with E-state index in [1.807, 2.05) is 0 Å². The summed E-state index contributed by atoms with van der Waals surface area (Å²) in [5.41, 5.74) is -0.731. The van der Waals surface area contributed by atoms with Crippen molar-refractivity contribution in [3.63, 3.8) is 0 Å². The van der Waals surface area contributed by atoms with Gasteiger partial charge < -0.3 is 19.1 Å². The number of alkyl halides is 3. The number of hydrogen-bond donors (Lipinski definition) is 1. The molecule has 0 saturated heterocycles. The van der Waals surface area contributed by atoms with Gasteiger partial charge in [0.2, 0.25) is 0 Å². The number of rotatable bonds is 6. The Hall–Kier alpha value is -3.67. The van der Waals surface area contributed by atoms with Crippen LogP contribution in [0.5, 0.6) is 0 Å². The summed E-state index contributed by atoms with van der Waals surface area (Å²) in [7, 11) is 2.22. The topological polar surface area (TPSA) is 106 Å². The summed E-state index contributed by atoms with van der Waals surface area (Å²) in [5.74, 6) is -5.68. The van der Waals surface area contributed by atoms with Crippen molar-refractivity contribution in [3.8, 4) is 0 Å². The molecule has 8 nitrogen and oxygen atoms in total. The number of halogens is 4.